The summed E-state index contributed by atoms with van der Waals surface area (Å²) in [5, 5.41) is 0. The summed E-state index contributed by atoms with van der Waals surface area (Å²) in [6, 6.07) is 8.97. The second-order valence-corrected chi connectivity index (χ2v) is 10.4. The molecule has 2 fully saturated rings. The fourth-order valence-electron chi connectivity index (χ4n) is 5.04. The SMILES string of the molecule is C=Cc1c(C)ccnc1C1CCCCC1.CC(F)(F)c1ccc(C2CCCCC2)cc1.CCC(C)=O. The van der Waals surface area contributed by atoms with Crippen molar-refractivity contribution in [3.8, 4) is 0 Å². The molecule has 1 aromatic heterocycles. The number of benzene rings is 1. The molecule has 1 heterocycles. The fraction of sp³-hybridized carbons (Fsp3) is 0.562. The smallest absolute Gasteiger partial charge is 0.270 e. The highest BCUT2D eigenvalue weighted by Crippen LogP contribution is 2.35. The van der Waals surface area contributed by atoms with Crippen molar-refractivity contribution < 1.29 is 13.6 Å². The Balaban J connectivity index is 0.000000215. The fourth-order valence-corrected chi connectivity index (χ4v) is 5.04. The highest BCUT2D eigenvalue weighted by atomic mass is 19.3. The van der Waals surface area contributed by atoms with Gasteiger partial charge in [-0.25, -0.2) is 8.78 Å². The lowest BCUT2D eigenvalue weighted by atomic mass is 9.84. The van der Waals surface area contributed by atoms with Crippen LogP contribution in [-0.4, -0.2) is 10.8 Å². The van der Waals surface area contributed by atoms with Gasteiger partial charge in [0.15, 0.2) is 0 Å². The largest absolute Gasteiger partial charge is 0.300 e. The second-order valence-electron chi connectivity index (χ2n) is 10.4. The zero-order chi connectivity index (χ0) is 26.6. The summed E-state index contributed by atoms with van der Waals surface area (Å²) in [4.78, 5) is 14.4. The molecule has 2 aliphatic rings. The zero-order valence-corrected chi connectivity index (χ0v) is 22.8. The molecule has 0 aliphatic heterocycles. The van der Waals surface area contributed by atoms with Gasteiger partial charge in [0.2, 0.25) is 0 Å². The van der Waals surface area contributed by atoms with Crippen LogP contribution in [0.3, 0.4) is 0 Å². The van der Waals surface area contributed by atoms with Crippen molar-refractivity contribution in [1.29, 1.82) is 0 Å². The van der Waals surface area contributed by atoms with Crippen LogP contribution in [0, 0.1) is 6.92 Å². The van der Waals surface area contributed by atoms with Gasteiger partial charge in [-0.2, -0.15) is 0 Å². The number of rotatable bonds is 5. The number of aromatic nitrogens is 1. The molecule has 0 spiro atoms. The lowest BCUT2D eigenvalue weighted by molar-refractivity contribution is -0.116. The lowest BCUT2D eigenvalue weighted by Gasteiger charge is -2.23. The van der Waals surface area contributed by atoms with Crippen molar-refractivity contribution >= 4 is 11.9 Å². The molecule has 2 aliphatic carbocycles. The number of halogens is 2. The maximum Gasteiger partial charge on any atom is 0.270 e. The first-order chi connectivity index (χ1) is 17.2. The van der Waals surface area contributed by atoms with Gasteiger partial charge in [0.25, 0.3) is 5.92 Å². The van der Waals surface area contributed by atoms with Gasteiger partial charge in [0, 0.05) is 31.0 Å². The molecule has 0 N–H and O–H groups in total. The highest BCUT2D eigenvalue weighted by molar-refractivity contribution is 5.74. The quantitative estimate of drug-likeness (QED) is 0.411. The van der Waals surface area contributed by atoms with Crippen LogP contribution in [0.1, 0.15) is 131 Å². The summed E-state index contributed by atoms with van der Waals surface area (Å²) < 4.78 is 26.1. The van der Waals surface area contributed by atoms with E-state index in [1.54, 1.807) is 19.1 Å². The molecule has 0 radical (unpaired) electrons. The summed E-state index contributed by atoms with van der Waals surface area (Å²) in [6.45, 7) is 10.4. The van der Waals surface area contributed by atoms with Gasteiger partial charge in [-0.15, -0.1) is 0 Å². The van der Waals surface area contributed by atoms with Crippen LogP contribution in [-0.2, 0) is 10.7 Å². The van der Waals surface area contributed by atoms with Gasteiger partial charge in [-0.3, -0.25) is 4.98 Å². The second kappa shape index (κ2) is 15.0. The Labute approximate surface area is 217 Å². The minimum absolute atomic E-state index is 0.118. The summed E-state index contributed by atoms with van der Waals surface area (Å²) >= 11 is 0. The van der Waals surface area contributed by atoms with Gasteiger partial charge in [-0.1, -0.05) is 82.4 Å². The average molecular weight is 498 g/mol. The Bertz CT molecular complexity index is 934. The number of aryl methyl sites for hydroxylation is 1. The van der Waals surface area contributed by atoms with Gasteiger partial charge >= 0.3 is 0 Å². The van der Waals surface area contributed by atoms with Crippen LogP contribution < -0.4 is 0 Å². The van der Waals surface area contributed by atoms with Crippen LogP contribution in [0.25, 0.3) is 6.08 Å². The van der Waals surface area contributed by atoms with E-state index in [0.29, 0.717) is 18.3 Å². The first kappa shape index (κ1) is 29.9. The van der Waals surface area contributed by atoms with Crippen LogP contribution in [0.2, 0.25) is 0 Å². The number of carbonyl (C=O) groups is 1. The van der Waals surface area contributed by atoms with Gasteiger partial charge < -0.3 is 4.79 Å². The minimum Gasteiger partial charge on any atom is -0.300 e. The molecular weight excluding hydrogens is 452 g/mol. The normalized spacial score (nSPS) is 16.7. The molecule has 4 rings (SSSR count). The minimum atomic E-state index is -2.72. The van der Waals surface area contributed by atoms with E-state index in [4.69, 9.17) is 0 Å². The molecule has 0 amide bonds. The molecule has 198 valence electrons. The number of Topliss-reactive ketones (excluding diaryl/α,β-unsaturated/α-hetero) is 1. The standard InChI is InChI=1S/C14H18F2.C14H19N.C4H8O/c1-14(15,16)13-9-7-12(8-10-13)11-5-3-2-4-6-11;1-3-13-11(2)9-10-15-14(13)12-7-5-4-6-8-12;1-3-4(2)5/h7-11H,2-6H2,1H3;3,9-10,12H,1,4-8H2,2H3;3H2,1-2H3. The molecular formula is C32H45F2NO. The number of hydrogen-bond acceptors (Lipinski definition) is 2. The Morgan fingerprint density at radius 3 is 1.92 bits per heavy atom. The summed E-state index contributed by atoms with van der Waals surface area (Å²) in [6.07, 6.45) is 17.6. The lowest BCUT2D eigenvalue weighted by Crippen LogP contribution is -2.08. The predicted octanol–water partition coefficient (Wildman–Crippen LogP) is 9.91. The molecule has 4 heteroatoms. The Morgan fingerprint density at radius 1 is 0.972 bits per heavy atom. The third-order valence-electron chi connectivity index (χ3n) is 7.43. The van der Waals surface area contributed by atoms with Gasteiger partial charge in [-0.05, 0) is 68.2 Å². The van der Waals surface area contributed by atoms with E-state index in [9.17, 15) is 13.6 Å². The highest BCUT2D eigenvalue weighted by Gasteiger charge is 2.24. The summed E-state index contributed by atoms with van der Waals surface area (Å²) in [5.41, 5.74) is 5.20. The van der Waals surface area contributed by atoms with Crippen molar-refractivity contribution in [3.63, 3.8) is 0 Å². The maximum absolute atomic E-state index is 13.0. The van der Waals surface area contributed by atoms with Crippen molar-refractivity contribution in [2.45, 2.75) is 116 Å². The van der Waals surface area contributed by atoms with Crippen LogP contribution in [0.15, 0.2) is 43.1 Å². The van der Waals surface area contributed by atoms with Gasteiger partial charge in [0.1, 0.15) is 5.78 Å². The Kier molecular flexibility index (Phi) is 12.5. The number of pyridine rings is 1. The molecule has 0 atom stereocenters. The maximum atomic E-state index is 13.0. The molecule has 36 heavy (non-hydrogen) atoms. The first-order valence-corrected chi connectivity index (χ1v) is 13.7. The number of nitrogens with zero attached hydrogens (tertiary/aromatic N) is 1. The molecule has 1 aromatic carbocycles. The third-order valence-corrected chi connectivity index (χ3v) is 7.43. The number of carbonyl (C=O) groups excluding carboxylic acids is 1. The van der Waals surface area contributed by atoms with Crippen molar-refractivity contribution in [2.24, 2.45) is 0 Å². The van der Waals surface area contributed by atoms with E-state index >= 15 is 0 Å². The van der Waals surface area contributed by atoms with E-state index in [-0.39, 0.29) is 11.3 Å². The van der Waals surface area contributed by atoms with E-state index in [1.807, 2.05) is 31.3 Å². The Hall–Kier alpha value is -2.36. The average Bonchev–Trinajstić information content (AvgIpc) is 2.90. The van der Waals surface area contributed by atoms with Crippen molar-refractivity contribution in [3.05, 3.63) is 71.1 Å². The topological polar surface area (TPSA) is 30.0 Å². The number of alkyl halides is 2. The van der Waals surface area contributed by atoms with Gasteiger partial charge in [0.05, 0.1) is 5.69 Å². The van der Waals surface area contributed by atoms with E-state index in [2.05, 4.69) is 24.6 Å². The van der Waals surface area contributed by atoms with Crippen LogP contribution in [0.4, 0.5) is 8.78 Å². The summed E-state index contributed by atoms with van der Waals surface area (Å²) in [7, 11) is 0. The predicted molar refractivity (Wildman–Crippen MR) is 148 cm³/mol. The van der Waals surface area contributed by atoms with Crippen molar-refractivity contribution in [1.82, 2.24) is 4.98 Å². The molecule has 0 unspecified atom stereocenters. The number of hydrogen-bond donors (Lipinski definition) is 0. The zero-order valence-electron chi connectivity index (χ0n) is 22.8. The monoisotopic (exact) mass is 497 g/mol. The van der Waals surface area contributed by atoms with Crippen molar-refractivity contribution in [2.75, 3.05) is 0 Å². The van der Waals surface area contributed by atoms with Crippen LogP contribution in [0.5, 0.6) is 0 Å². The molecule has 2 saturated carbocycles. The molecule has 0 bridgehead atoms. The van der Waals surface area contributed by atoms with E-state index in [1.165, 1.54) is 86.6 Å². The summed E-state index contributed by atoms with van der Waals surface area (Å²) in [5.74, 6) is -1.20. The molecule has 2 aromatic rings. The third kappa shape index (κ3) is 9.59. The van der Waals surface area contributed by atoms with E-state index < -0.39 is 5.92 Å². The molecule has 0 saturated heterocycles. The molecule has 2 nitrogen and oxygen atoms in total. The Morgan fingerprint density at radius 2 is 1.47 bits per heavy atom. The van der Waals surface area contributed by atoms with E-state index in [0.717, 1.165) is 6.92 Å². The first-order valence-electron chi connectivity index (χ1n) is 13.7. The van der Waals surface area contributed by atoms with Crippen LogP contribution >= 0.6 is 0 Å². The number of ketones is 1.